The van der Waals surface area contributed by atoms with Gasteiger partial charge in [-0.25, -0.2) is 0 Å². The number of alkyl halides is 3. The Bertz CT molecular complexity index is 424. The standard InChI is InChI=1S/C15H19F3O/c1-3-4-5-6-11(2)14-9-13(15(16,17)18)8-7-12(14)10-19/h7-11H,3-6H2,1-2H3. The van der Waals surface area contributed by atoms with Gasteiger partial charge in [-0.15, -0.1) is 0 Å². The molecule has 1 atom stereocenters. The minimum atomic E-state index is -4.36. The van der Waals surface area contributed by atoms with Crippen LogP contribution in [0.4, 0.5) is 13.2 Å². The SMILES string of the molecule is CCCCCC(C)c1cc(C(F)(F)F)ccc1C=O. The van der Waals surface area contributed by atoms with E-state index in [2.05, 4.69) is 6.92 Å². The monoisotopic (exact) mass is 272 g/mol. The lowest BCUT2D eigenvalue weighted by molar-refractivity contribution is -0.137. The number of carbonyl (C=O) groups excluding carboxylic acids is 1. The van der Waals surface area contributed by atoms with Crippen LogP contribution in [0.1, 0.15) is 66.9 Å². The molecule has 0 saturated carbocycles. The first kappa shape index (κ1) is 15.7. The van der Waals surface area contributed by atoms with Crippen molar-refractivity contribution in [1.29, 1.82) is 0 Å². The Kier molecular flexibility index (Phi) is 5.58. The van der Waals surface area contributed by atoms with Crippen LogP contribution in [-0.2, 0) is 6.18 Å². The largest absolute Gasteiger partial charge is 0.416 e. The van der Waals surface area contributed by atoms with Gasteiger partial charge < -0.3 is 0 Å². The number of hydrogen-bond donors (Lipinski definition) is 0. The van der Waals surface area contributed by atoms with Crippen molar-refractivity contribution in [1.82, 2.24) is 0 Å². The van der Waals surface area contributed by atoms with Crippen LogP contribution in [0.2, 0.25) is 0 Å². The molecule has 1 aromatic carbocycles. The highest BCUT2D eigenvalue weighted by Gasteiger charge is 2.31. The van der Waals surface area contributed by atoms with Gasteiger partial charge in [0.15, 0.2) is 0 Å². The number of hydrogen-bond acceptors (Lipinski definition) is 1. The van der Waals surface area contributed by atoms with E-state index in [0.29, 0.717) is 17.4 Å². The summed E-state index contributed by atoms with van der Waals surface area (Å²) in [6.45, 7) is 3.95. The molecule has 0 aliphatic rings. The van der Waals surface area contributed by atoms with E-state index in [1.54, 1.807) is 0 Å². The molecular formula is C15H19F3O. The normalized spacial score (nSPS) is 13.3. The van der Waals surface area contributed by atoms with E-state index in [1.807, 2.05) is 6.92 Å². The topological polar surface area (TPSA) is 17.1 Å². The van der Waals surface area contributed by atoms with Gasteiger partial charge in [-0.1, -0.05) is 39.2 Å². The molecule has 1 unspecified atom stereocenters. The van der Waals surface area contributed by atoms with Crippen molar-refractivity contribution < 1.29 is 18.0 Å². The Labute approximate surface area is 111 Å². The quantitative estimate of drug-likeness (QED) is 0.513. The summed E-state index contributed by atoms with van der Waals surface area (Å²) in [5, 5.41) is 0. The van der Waals surface area contributed by atoms with Crippen LogP contribution >= 0.6 is 0 Å². The van der Waals surface area contributed by atoms with Crippen LogP contribution in [-0.4, -0.2) is 6.29 Å². The molecule has 0 spiro atoms. The highest BCUT2D eigenvalue weighted by molar-refractivity contribution is 5.77. The van der Waals surface area contributed by atoms with Crippen LogP contribution in [0.3, 0.4) is 0 Å². The molecular weight excluding hydrogens is 253 g/mol. The zero-order valence-corrected chi connectivity index (χ0v) is 11.3. The van der Waals surface area contributed by atoms with Gasteiger partial charge in [-0.2, -0.15) is 13.2 Å². The van der Waals surface area contributed by atoms with Crippen molar-refractivity contribution in [2.45, 2.75) is 51.6 Å². The van der Waals surface area contributed by atoms with Gasteiger partial charge in [0.25, 0.3) is 0 Å². The molecule has 0 saturated heterocycles. The lowest BCUT2D eigenvalue weighted by Gasteiger charge is -2.16. The minimum Gasteiger partial charge on any atom is -0.298 e. The maximum atomic E-state index is 12.7. The van der Waals surface area contributed by atoms with E-state index >= 15 is 0 Å². The Morgan fingerprint density at radius 1 is 1.26 bits per heavy atom. The number of carbonyl (C=O) groups is 1. The molecule has 0 aliphatic carbocycles. The van der Waals surface area contributed by atoms with Crippen LogP contribution in [0.15, 0.2) is 18.2 Å². The summed E-state index contributed by atoms with van der Waals surface area (Å²) in [6, 6.07) is 3.34. The summed E-state index contributed by atoms with van der Waals surface area (Å²) >= 11 is 0. The van der Waals surface area contributed by atoms with E-state index in [-0.39, 0.29) is 5.92 Å². The molecule has 1 nitrogen and oxygen atoms in total. The first-order valence-corrected chi connectivity index (χ1v) is 6.56. The smallest absolute Gasteiger partial charge is 0.298 e. The van der Waals surface area contributed by atoms with Crippen LogP contribution < -0.4 is 0 Å². The van der Waals surface area contributed by atoms with Crippen LogP contribution in [0.5, 0.6) is 0 Å². The van der Waals surface area contributed by atoms with E-state index in [1.165, 1.54) is 6.07 Å². The summed E-state index contributed by atoms with van der Waals surface area (Å²) in [5.41, 5.74) is 0.174. The average molecular weight is 272 g/mol. The Morgan fingerprint density at radius 3 is 2.47 bits per heavy atom. The highest BCUT2D eigenvalue weighted by atomic mass is 19.4. The Hall–Kier alpha value is -1.32. The Balaban J connectivity index is 2.98. The fourth-order valence-corrected chi connectivity index (χ4v) is 2.14. The van der Waals surface area contributed by atoms with Crippen LogP contribution in [0.25, 0.3) is 0 Å². The highest BCUT2D eigenvalue weighted by Crippen LogP contribution is 2.33. The fraction of sp³-hybridized carbons (Fsp3) is 0.533. The van der Waals surface area contributed by atoms with Crippen molar-refractivity contribution in [2.75, 3.05) is 0 Å². The summed E-state index contributed by atoms with van der Waals surface area (Å²) < 4.78 is 38.1. The fourth-order valence-electron chi connectivity index (χ4n) is 2.14. The lowest BCUT2D eigenvalue weighted by atomic mass is 9.90. The molecule has 0 radical (unpaired) electrons. The predicted octanol–water partition coefficient (Wildman–Crippen LogP) is 5.20. The van der Waals surface area contributed by atoms with Gasteiger partial charge in [0.2, 0.25) is 0 Å². The summed E-state index contributed by atoms with van der Waals surface area (Å²) in [6.07, 6.45) is 0.156. The van der Waals surface area contributed by atoms with Crippen molar-refractivity contribution in [3.63, 3.8) is 0 Å². The van der Waals surface area contributed by atoms with Gasteiger partial charge in [0.1, 0.15) is 6.29 Å². The minimum absolute atomic E-state index is 0.0333. The maximum Gasteiger partial charge on any atom is 0.416 e. The molecule has 1 aromatic rings. The summed E-state index contributed by atoms with van der Waals surface area (Å²) in [5.74, 6) is -0.0333. The molecule has 0 fully saturated rings. The first-order valence-electron chi connectivity index (χ1n) is 6.56. The van der Waals surface area contributed by atoms with Gasteiger partial charge in [-0.3, -0.25) is 4.79 Å². The van der Waals surface area contributed by atoms with E-state index in [0.717, 1.165) is 37.8 Å². The van der Waals surface area contributed by atoms with E-state index < -0.39 is 11.7 Å². The predicted molar refractivity (Wildman–Crippen MR) is 69.4 cm³/mol. The molecule has 106 valence electrons. The molecule has 0 N–H and O–H groups in total. The number of benzene rings is 1. The third kappa shape index (κ3) is 4.37. The number of aldehydes is 1. The van der Waals surface area contributed by atoms with Gasteiger partial charge in [-0.05, 0) is 30.0 Å². The second-order valence-electron chi connectivity index (χ2n) is 4.86. The molecule has 4 heteroatoms. The van der Waals surface area contributed by atoms with Gasteiger partial charge in [0, 0.05) is 5.56 Å². The molecule has 0 amide bonds. The number of halogens is 3. The van der Waals surface area contributed by atoms with Crippen molar-refractivity contribution in [3.05, 3.63) is 34.9 Å². The summed E-state index contributed by atoms with van der Waals surface area (Å²) in [4.78, 5) is 10.9. The molecule has 19 heavy (non-hydrogen) atoms. The third-order valence-electron chi connectivity index (χ3n) is 3.31. The second-order valence-corrected chi connectivity index (χ2v) is 4.86. The lowest BCUT2D eigenvalue weighted by Crippen LogP contribution is -2.08. The zero-order chi connectivity index (χ0) is 14.5. The molecule has 0 aromatic heterocycles. The van der Waals surface area contributed by atoms with Crippen LogP contribution in [0, 0.1) is 0 Å². The maximum absolute atomic E-state index is 12.7. The van der Waals surface area contributed by atoms with Gasteiger partial charge >= 0.3 is 6.18 Å². The van der Waals surface area contributed by atoms with Gasteiger partial charge in [0.05, 0.1) is 5.56 Å². The molecule has 0 heterocycles. The first-order chi connectivity index (χ1) is 8.90. The molecule has 0 bridgehead atoms. The van der Waals surface area contributed by atoms with Crippen molar-refractivity contribution >= 4 is 6.29 Å². The van der Waals surface area contributed by atoms with Crippen molar-refractivity contribution in [2.24, 2.45) is 0 Å². The summed E-state index contributed by atoms with van der Waals surface area (Å²) in [7, 11) is 0. The number of unbranched alkanes of at least 4 members (excludes halogenated alkanes) is 2. The average Bonchev–Trinajstić information content (AvgIpc) is 2.37. The Morgan fingerprint density at radius 2 is 1.95 bits per heavy atom. The molecule has 0 aliphatic heterocycles. The zero-order valence-electron chi connectivity index (χ0n) is 11.3. The second kappa shape index (κ2) is 6.73. The third-order valence-corrected chi connectivity index (χ3v) is 3.31. The van der Waals surface area contributed by atoms with Crippen molar-refractivity contribution in [3.8, 4) is 0 Å². The van der Waals surface area contributed by atoms with E-state index in [4.69, 9.17) is 0 Å². The number of rotatable bonds is 6. The van der Waals surface area contributed by atoms with E-state index in [9.17, 15) is 18.0 Å². The molecule has 1 rings (SSSR count).